The maximum atomic E-state index is 12.3. The summed E-state index contributed by atoms with van der Waals surface area (Å²) in [7, 11) is -3.85. The van der Waals surface area contributed by atoms with Gasteiger partial charge in [0, 0.05) is 11.8 Å². The fourth-order valence-electron chi connectivity index (χ4n) is 5.42. The Morgan fingerprint density at radius 3 is 2.58 bits per heavy atom. The smallest absolute Gasteiger partial charge is 0.266 e. The molecule has 0 aromatic carbocycles. The lowest BCUT2D eigenvalue weighted by Gasteiger charge is -2.39. The average molecular weight is 451 g/mol. The van der Waals surface area contributed by atoms with Gasteiger partial charge in [-0.15, -0.1) is 0 Å². The van der Waals surface area contributed by atoms with Crippen molar-refractivity contribution in [3.8, 4) is 5.88 Å². The highest BCUT2D eigenvalue weighted by molar-refractivity contribution is 7.90. The quantitative estimate of drug-likeness (QED) is 0.530. The molecule has 0 aliphatic heterocycles. The number of ether oxygens (including phenoxy) is 1. The molecular formula is C23H34N2O5S. The molecule has 0 radical (unpaired) electrons. The van der Waals surface area contributed by atoms with Gasteiger partial charge in [0.25, 0.3) is 5.91 Å². The van der Waals surface area contributed by atoms with Gasteiger partial charge in [-0.05, 0) is 74.7 Å². The number of rotatable bonds is 10. The first-order chi connectivity index (χ1) is 14.9. The standard InChI is InChI=1S/C23H34N2O5S/c26-8-10-31(28,29)25-22(27)20-14-21(19-6-7-19)23(24-15-20)30-9-2-5-18-12-16-3-1-4-17(11-16)13-18/h14-19,26H,1-13H2,(H,25,27). The van der Waals surface area contributed by atoms with E-state index in [4.69, 9.17) is 9.84 Å². The van der Waals surface area contributed by atoms with Crippen molar-refractivity contribution in [2.45, 2.75) is 70.1 Å². The topological polar surface area (TPSA) is 106 Å². The molecule has 8 heteroatoms. The Balaban J connectivity index is 1.31. The Labute approximate surface area is 185 Å². The normalized spacial score (nSPS) is 25.8. The molecule has 31 heavy (non-hydrogen) atoms. The zero-order valence-electron chi connectivity index (χ0n) is 18.1. The number of fused-ring (bicyclic) bond motifs is 2. The highest BCUT2D eigenvalue weighted by atomic mass is 32.2. The van der Waals surface area contributed by atoms with Crippen molar-refractivity contribution in [1.29, 1.82) is 0 Å². The predicted molar refractivity (Wildman–Crippen MR) is 117 cm³/mol. The predicted octanol–water partition coefficient (Wildman–Crippen LogP) is 3.39. The van der Waals surface area contributed by atoms with Crippen molar-refractivity contribution in [3.63, 3.8) is 0 Å². The summed E-state index contributed by atoms with van der Waals surface area (Å²) in [5.41, 5.74) is 1.09. The van der Waals surface area contributed by atoms with Crippen LogP contribution in [0.15, 0.2) is 12.3 Å². The number of carbonyl (C=O) groups is 1. The highest BCUT2D eigenvalue weighted by Crippen LogP contribution is 2.45. The van der Waals surface area contributed by atoms with Gasteiger partial charge < -0.3 is 9.84 Å². The third-order valence-electron chi connectivity index (χ3n) is 6.99. The van der Waals surface area contributed by atoms with E-state index >= 15 is 0 Å². The van der Waals surface area contributed by atoms with E-state index in [2.05, 4.69) is 4.98 Å². The molecule has 1 aromatic heterocycles. The number of hydrogen-bond donors (Lipinski definition) is 2. The first kappa shape index (κ1) is 22.5. The average Bonchev–Trinajstić information content (AvgIpc) is 3.56. The lowest BCUT2D eigenvalue weighted by molar-refractivity contribution is 0.0980. The monoisotopic (exact) mass is 450 g/mol. The Bertz CT molecular complexity index is 872. The van der Waals surface area contributed by atoms with Gasteiger partial charge in [-0.3, -0.25) is 4.79 Å². The number of carbonyl (C=O) groups excluding carboxylic acids is 1. The SMILES string of the molecule is O=C(NS(=O)(=O)CCO)c1cnc(OCCCC2CC3CCCC(C2)C3)c(C2CC2)c1. The van der Waals surface area contributed by atoms with Crippen molar-refractivity contribution in [2.24, 2.45) is 17.8 Å². The van der Waals surface area contributed by atoms with Gasteiger partial charge in [0.05, 0.1) is 24.5 Å². The van der Waals surface area contributed by atoms with E-state index < -0.39 is 28.3 Å². The van der Waals surface area contributed by atoms with Crippen LogP contribution in [-0.2, 0) is 10.0 Å². The van der Waals surface area contributed by atoms with Crippen molar-refractivity contribution >= 4 is 15.9 Å². The number of pyridine rings is 1. The molecule has 4 rings (SSSR count). The van der Waals surface area contributed by atoms with Crippen LogP contribution in [0.1, 0.15) is 86.0 Å². The summed E-state index contributed by atoms with van der Waals surface area (Å²) in [5.74, 6) is 2.38. The van der Waals surface area contributed by atoms with Crippen molar-refractivity contribution in [1.82, 2.24) is 9.71 Å². The minimum absolute atomic E-state index is 0.199. The van der Waals surface area contributed by atoms with Crippen LogP contribution in [0, 0.1) is 17.8 Å². The molecule has 2 atom stereocenters. The molecule has 3 aliphatic rings. The lowest BCUT2D eigenvalue weighted by Crippen LogP contribution is -2.33. The number of nitrogens with one attached hydrogen (secondary N) is 1. The molecule has 1 heterocycles. The first-order valence-corrected chi connectivity index (χ1v) is 13.4. The minimum Gasteiger partial charge on any atom is -0.477 e. The molecule has 0 spiro atoms. The molecule has 2 N–H and O–H groups in total. The van der Waals surface area contributed by atoms with Gasteiger partial charge in [-0.25, -0.2) is 18.1 Å². The number of sulfonamides is 1. The summed E-state index contributed by atoms with van der Waals surface area (Å²) >= 11 is 0. The highest BCUT2D eigenvalue weighted by Gasteiger charge is 2.32. The fraction of sp³-hybridized carbons (Fsp3) is 0.739. The summed E-state index contributed by atoms with van der Waals surface area (Å²) < 4.78 is 31.5. The van der Waals surface area contributed by atoms with Crippen LogP contribution in [-0.4, -0.2) is 43.4 Å². The van der Waals surface area contributed by atoms with Gasteiger partial charge >= 0.3 is 0 Å². The molecule has 0 saturated heterocycles. The minimum atomic E-state index is -3.85. The van der Waals surface area contributed by atoms with Gasteiger partial charge in [-0.2, -0.15) is 0 Å². The fourth-order valence-corrected chi connectivity index (χ4v) is 6.16. The third-order valence-corrected chi connectivity index (χ3v) is 8.20. The lowest BCUT2D eigenvalue weighted by atomic mass is 9.67. The zero-order valence-corrected chi connectivity index (χ0v) is 18.9. The van der Waals surface area contributed by atoms with Crippen molar-refractivity contribution < 1.29 is 23.1 Å². The molecule has 172 valence electrons. The second-order valence-electron chi connectivity index (χ2n) is 9.59. The Hall–Kier alpha value is -1.67. The summed E-state index contributed by atoms with van der Waals surface area (Å²) in [6, 6.07) is 1.70. The van der Waals surface area contributed by atoms with E-state index in [1.54, 1.807) is 6.07 Å². The van der Waals surface area contributed by atoms with Crippen molar-refractivity contribution in [3.05, 3.63) is 23.4 Å². The summed E-state index contributed by atoms with van der Waals surface area (Å²) in [6.07, 6.45) is 14.1. The van der Waals surface area contributed by atoms with E-state index in [0.29, 0.717) is 18.4 Å². The molecule has 1 aromatic rings. The van der Waals surface area contributed by atoms with Gasteiger partial charge in [0.2, 0.25) is 15.9 Å². The second kappa shape index (κ2) is 9.86. The van der Waals surface area contributed by atoms with E-state index in [9.17, 15) is 13.2 Å². The third kappa shape index (κ3) is 6.19. The molecular weight excluding hydrogens is 416 g/mol. The zero-order chi connectivity index (χ0) is 21.8. The number of hydrogen-bond acceptors (Lipinski definition) is 6. The molecule has 3 fully saturated rings. The number of aliphatic hydroxyl groups excluding tert-OH is 1. The van der Waals surface area contributed by atoms with Gasteiger partial charge in [0.1, 0.15) is 0 Å². The van der Waals surface area contributed by atoms with Crippen LogP contribution in [0.3, 0.4) is 0 Å². The molecule has 2 bridgehead atoms. The maximum Gasteiger partial charge on any atom is 0.266 e. The largest absolute Gasteiger partial charge is 0.477 e. The summed E-state index contributed by atoms with van der Waals surface area (Å²) in [5, 5.41) is 8.81. The van der Waals surface area contributed by atoms with Gasteiger partial charge in [0.15, 0.2) is 0 Å². The second-order valence-corrected chi connectivity index (χ2v) is 11.4. The van der Waals surface area contributed by atoms with Crippen LogP contribution in [0.4, 0.5) is 0 Å². The summed E-state index contributed by atoms with van der Waals surface area (Å²) in [4.78, 5) is 16.6. The Morgan fingerprint density at radius 2 is 1.90 bits per heavy atom. The number of amides is 1. The molecule has 1 amide bonds. The number of nitrogens with zero attached hydrogens (tertiary/aromatic N) is 1. The molecule has 7 nitrogen and oxygen atoms in total. The van der Waals surface area contributed by atoms with E-state index in [0.717, 1.165) is 42.6 Å². The number of aliphatic hydroxyl groups is 1. The molecule has 2 unspecified atom stereocenters. The van der Waals surface area contributed by atoms with E-state index in [-0.39, 0.29) is 5.56 Å². The van der Waals surface area contributed by atoms with Crippen LogP contribution < -0.4 is 9.46 Å². The number of aromatic nitrogens is 1. The summed E-state index contributed by atoms with van der Waals surface area (Å²) in [6.45, 7) is 0.0815. The Morgan fingerprint density at radius 1 is 1.16 bits per heavy atom. The van der Waals surface area contributed by atoms with E-state index in [1.165, 1.54) is 51.1 Å². The van der Waals surface area contributed by atoms with Crippen molar-refractivity contribution in [2.75, 3.05) is 19.0 Å². The van der Waals surface area contributed by atoms with E-state index in [1.807, 2.05) is 4.72 Å². The molecule has 3 aliphatic carbocycles. The van der Waals surface area contributed by atoms with Crippen LogP contribution in [0.5, 0.6) is 5.88 Å². The van der Waals surface area contributed by atoms with Crippen LogP contribution in [0.25, 0.3) is 0 Å². The van der Waals surface area contributed by atoms with Crippen LogP contribution >= 0.6 is 0 Å². The Kier molecular flexibility index (Phi) is 7.16. The van der Waals surface area contributed by atoms with Crippen LogP contribution in [0.2, 0.25) is 0 Å². The molecule has 3 saturated carbocycles. The maximum absolute atomic E-state index is 12.3. The first-order valence-electron chi connectivity index (χ1n) is 11.7. The van der Waals surface area contributed by atoms with Gasteiger partial charge in [-0.1, -0.05) is 19.3 Å².